The van der Waals surface area contributed by atoms with Gasteiger partial charge in [0.2, 0.25) is 0 Å². The molecule has 3 nitrogen and oxygen atoms in total. The molecule has 0 aliphatic carbocycles. The van der Waals surface area contributed by atoms with Crippen molar-refractivity contribution in [2.45, 2.75) is 18.9 Å². The molecule has 0 amide bonds. The summed E-state index contributed by atoms with van der Waals surface area (Å²) in [5.41, 5.74) is 1.12. The predicted molar refractivity (Wildman–Crippen MR) is 60.9 cm³/mol. The molecule has 3 heteroatoms. The van der Waals surface area contributed by atoms with Gasteiger partial charge in [-0.25, -0.2) is 4.98 Å². The van der Waals surface area contributed by atoms with E-state index in [2.05, 4.69) is 33.2 Å². The molecule has 2 aromatic heterocycles. The highest BCUT2D eigenvalue weighted by Gasteiger charge is 2.16. The van der Waals surface area contributed by atoms with Crippen LogP contribution in [0.5, 0.6) is 0 Å². The molecule has 0 radical (unpaired) electrons. The van der Waals surface area contributed by atoms with Gasteiger partial charge in [-0.15, -0.1) is 0 Å². The second-order valence-electron chi connectivity index (χ2n) is 4.14. The number of nitrogens with zero attached hydrogens (tertiary/aromatic N) is 2. The van der Waals surface area contributed by atoms with E-state index in [9.17, 15) is 0 Å². The maximum absolute atomic E-state index is 4.45. The van der Waals surface area contributed by atoms with Gasteiger partial charge < -0.3 is 9.88 Å². The first-order valence-corrected chi connectivity index (χ1v) is 5.57. The molecule has 3 rings (SSSR count). The normalized spacial score (nSPS) is 22.0. The molecule has 0 saturated carbocycles. The minimum Gasteiger partial charge on any atom is -0.328 e. The number of pyridine rings is 1. The zero-order chi connectivity index (χ0) is 10.1. The first-order chi connectivity index (χ1) is 7.45. The molecule has 0 unspecified atom stereocenters. The number of hydrogen-bond acceptors (Lipinski definition) is 2. The summed E-state index contributed by atoms with van der Waals surface area (Å²) in [5, 5.41) is 4.68. The quantitative estimate of drug-likeness (QED) is 0.764. The van der Waals surface area contributed by atoms with Crippen LogP contribution >= 0.6 is 0 Å². The van der Waals surface area contributed by atoms with Crippen LogP contribution in [0.15, 0.2) is 30.6 Å². The average Bonchev–Trinajstić information content (AvgIpc) is 2.74. The summed E-state index contributed by atoms with van der Waals surface area (Å²) < 4.78 is 2.31. The number of nitrogens with one attached hydrogen (secondary N) is 1. The Morgan fingerprint density at radius 1 is 1.40 bits per heavy atom. The smallest absolute Gasteiger partial charge is 0.140 e. The van der Waals surface area contributed by atoms with Gasteiger partial charge in [0.15, 0.2) is 0 Å². The third-order valence-corrected chi connectivity index (χ3v) is 3.14. The molecule has 0 bridgehead atoms. The molecule has 1 fully saturated rings. The van der Waals surface area contributed by atoms with Gasteiger partial charge in [-0.2, -0.15) is 0 Å². The summed E-state index contributed by atoms with van der Waals surface area (Å²) in [7, 11) is 0. The number of aromatic nitrogens is 2. The van der Waals surface area contributed by atoms with E-state index >= 15 is 0 Å². The second-order valence-corrected chi connectivity index (χ2v) is 4.14. The van der Waals surface area contributed by atoms with E-state index in [-0.39, 0.29) is 0 Å². The Hall–Kier alpha value is -1.35. The summed E-state index contributed by atoms with van der Waals surface area (Å²) >= 11 is 0. The topological polar surface area (TPSA) is 29.9 Å². The van der Waals surface area contributed by atoms with Gasteiger partial charge in [0, 0.05) is 30.4 Å². The van der Waals surface area contributed by atoms with Crippen LogP contribution in [0.2, 0.25) is 0 Å². The molecule has 1 aliphatic rings. The largest absolute Gasteiger partial charge is 0.328 e. The lowest BCUT2D eigenvalue weighted by molar-refractivity contribution is 0.378. The molecule has 0 aromatic carbocycles. The van der Waals surface area contributed by atoms with Crippen molar-refractivity contribution >= 4 is 11.0 Å². The van der Waals surface area contributed by atoms with Gasteiger partial charge in [0.1, 0.15) is 5.65 Å². The molecule has 15 heavy (non-hydrogen) atoms. The van der Waals surface area contributed by atoms with Gasteiger partial charge in [-0.05, 0) is 37.6 Å². The van der Waals surface area contributed by atoms with Crippen LogP contribution in [0.4, 0.5) is 0 Å². The van der Waals surface area contributed by atoms with E-state index in [4.69, 9.17) is 0 Å². The van der Waals surface area contributed by atoms with Crippen LogP contribution in [-0.4, -0.2) is 22.6 Å². The predicted octanol–water partition coefficient (Wildman–Crippen LogP) is 1.96. The van der Waals surface area contributed by atoms with E-state index in [1.807, 2.05) is 12.3 Å². The standard InChI is InChI=1S/C12H15N3/c1-3-10-5-8-15(12(10)14-7-1)11-4-2-6-13-9-11/h1,3,5,7-8,11,13H,2,4,6,9H2/t11-/m1/s1. The maximum Gasteiger partial charge on any atom is 0.140 e. The highest BCUT2D eigenvalue weighted by molar-refractivity contribution is 5.75. The van der Waals surface area contributed by atoms with Crippen molar-refractivity contribution in [2.75, 3.05) is 13.1 Å². The highest BCUT2D eigenvalue weighted by atomic mass is 15.1. The number of piperidine rings is 1. The number of fused-ring (bicyclic) bond motifs is 1. The molecular formula is C12H15N3. The van der Waals surface area contributed by atoms with E-state index in [0.29, 0.717) is 6.04 Å². The molecule has 1 atom stereocenters. The number of rotatable bonds is 1. The zero-order valence-corrected chi connectivity index (χ0v) is 8.69. The van der Waals surface area contributed by atoms with Crippen molar-refractivity contribution in [1.29, 1.82) is 0 Å². The summed E-state index contributed by atoms with van der Waals surface area (Å²) in [5.74, 6) is 0. The molecule has 0 spiro atoms. The van der Waals surface area contributed by atoms with Crippen molar-refractivity contribution in [2.24, 2.45) is 0 Å². The highest BCUT2D eigenvalue weighted by Crippen LogP contribution is 2.22. The SMILES string of the molecule is c1cnc2c(c1)ccn2[C@@H]1CCCNC1. The Kier molecular flexibility index (Phi) is 2.18. The van der Waals surface area contributed by atoms with E-state index in [1.54, 1.807) is 0 Å². The Balaban J connectivity index is 2.02. The molecule has 1 aliphatic heterocycles. The second kappa shape index (κ2) is 3.66. The van der Waals surface area contributed by atoms with E-state index in [1.165, 1.54) is 18.2 Å². The molecule has 78 valence electrons. The van der Waals surface area contributed by atoms with Crippen molar-refractivity contribution in [3.05, 3.63) is 30.6 Å². The summed E-state index contributed by atoms with van der Waals surface area (Å²) in [6, 6.07) is 6.84. The summed E-state index contributed by atoms with van der Waals surface area (Å²) in [6.07, 6.45) is 6.55. The Bertz CT molecular complexity index is 455. The fraction of sp³-hybridized carbons (Fsp3) is 0.417. The van der Waals surface area contributed by atoms with Gasteiger partial charge in [0.05, 0.1) is 0 Å². The zero-order valence-electron chi connectivity index (χ0n) is 8.69. The minimum atomic E-state index is 0.575. The molecule has 1 saturated heterocycles. The van der Waals surface area contributed by atoms with Crippen LogP contribution in [0.1, 0.15) is 18.9 Å². The minimum absolute atomic E-state index is 0.575. The maximum atomic E-state index is 4.45. The van der Waals surface area contributed by atoms with Crippen LogP contribution in [0, 0.1) is 0 Å². The monoisotopic (exact) mass is 201 g/mol. The summed E-state index contributed by atoms with van der Waals surface area (Å²) in [4.78, 5) is 4.45. The number of hydrogen-bond donors (Lipinski definition) is 1. The fourth-order valence-corrected chi connectivity index (χ4v) is 2.35. The van der Waals surface area contributed by atoms with Crippen molar-refractivity contribution in [3.63, 3.8) is 0 Å². The first kappa shape index (κ1) is 8.92. The molecular weight excluding hydrogens is 186 g/mol. The lowest BCUT2D eigenvalue weighted by Crippen LogP contribution is -2.31. The fourth-order valence-electron chi connectivity index (χ4n) is 2.35. The van der Waals surface area contributed by atoms with Crippen LogP contribution in [-0.2, 0) is 0 Å². The van der Waals surface area contributed by atoms with E-state index in [0.717, 1.165) is 18.7 Å². The van der Waals surface area contributed by atoms with Gasteiger partial charge in [-0.1, -0.05) is 0 Å². The van der Waals surface area contributed by atoms with Crippen LogP contribution in [0.25, 0.3) is 11.0 Å². The Labute approximate surface area is 89.1 Å². The molecule has 2 aromatic rings. The van der Waals surface area contributed by atoms with Crippen LogP contribution < -0.4 is 5.32 Å². The van der Waals surface area contributed by atoms with Gasteiger partial charge in [0.25, 0.3) is 0 Å². The first-order valence-electron chi connectivity index (χ1n) is 5.57. The van der Waals surface area contributed by atoms with Crippen molar-refractivity contribution < 1.29 is 0 Å². The Morgan fingerprint density at radius 3 is 3.27 bits per heavy atom. The van der Waals surface area contributed by atoms with E-state index < -0.39 is 0 Å². The van der Waals surface area contributed by atoms with Gasteiger partial charge in [-0.3, -0.25) is 0 Å². The lowest BCUT2D eigenvalue weighted by Gasteiger charge is -2.24. The van der Waals surface area contributed by atoms with Crippen molar-refractivity contribution in [3.8, 4) is 0 Å². The Morgan fingerprint density at radius 2 is 2.40 bits per heavy atom. The van der Waals surface area contributed by atoms with Crippen LogP contribution in [0.3, 0.4) is 0 Å². The summed E-state index contributed by atoms with van der Waals surface area (Å²) in [6.45, 7) is 2.23. The lowest BCUT2D eigenvalue weighted by atomic mass is 10.1. The van der Waals surface area contributed by atoms with Gasteiger partial charge >= 0.3 is 0 Å². The van der Waals surface area contributed by atoms with Crippen molar-refractivity contribution in [1.82, 2.24) is 14.9 Å². The molecule has 3 heterocycles. The average molecular weight is 201 g/mol. The third-order valence-electron chi connectivity index (χ3n) is 3.14. The third kappa shape index (κ3) is 1.53. The molecule has 1 N–H and O–H groups in total.